The maximum Gasteiger partial charge on any atom is 0.0725 e. The largest absolute Gasteiger partial charge is 0.355 e. The number of nitrogens with zero attached hydrogens (tertiary/aromatic N) is 1. The third-order valence-corrected chi connectivity index (χ3v) is 4.20. The van der Waals surface area contributed by atoms with E-state index in [1.165, 1.54) is 11.1 Å². The summed E-state index contributed by atoms with van der Waals surface area (Å²) in [6, 6.07) is 22.9. The summed E-state index contributed by atoms with van der Waals surface area (Å²) >= 11 is 0. The first kappa shape index (κ1) is 15.3. The Bertz CT molecular complexity index is 766. The van der Waals surface area contributed by atoms with Crippen LogP contribution in [-0.2, 0) is 0 Å². The minimum atomic E-state index is 0.527. The Kier molecular flexibility index (Phi) is 4.72. The number of pyridine rings is 1. The molecule has 0 fully saturated rings. The van der Waals surface area contributed by atoms with Crippen molar-refractivity contribution in [1.29, 1.82) is 0 Å². The minimum Gasteiger partial charge on any atom is -0.355 e. The van der Waals surface area contributed by atoms with Crippen LogP contribution in [0.4, 0.5) is 11.4 Å². The lowest BCUT2D eigenvalue weighted by atomic mass is 9.92. The molecule has 1 unspecified atom stereocenters. The molecule has 1 N–H and O–H groups in total. The first-order valence-corrected chi connectivity index (χ1v) is 8.15. The van der Waals surface area contributed by atoms with Gasteiger partial charge in [0.25, 0.3) is 0 Å². The second kappa shape index (κ2) is 7.10. The lowest BCUT2D eigenvalue weighted by Gasteiger charge is -2.15. The number of hydrogen-bond donors (Lipinski definition) is 1. The SMILES string of the molecule is CCC(C)c1ccccc1-c1cc(Nc2ccccc2)ccn1. The van der Waals surface area contributed by atoms with Crippen molar-refractivity contribution >= 4 is 11.4 Å². The quantitative estimate of drug-likeness (QED) is 0.624. The van der Waals surface area contributed by atoms with E-state index >= 15 is 0 Å². The highest BCUT2D eigenvalue weighted by atomic mass is 14.9. The van der Waals surface area contributed by atoms with E-state index in [9.17, 15) is 0 Å². The highest BCUT2D eigenvalue weighted by Crippen LogP contribution is 2.31. The highest BCUT2D eigenvalue weighted by molar-refractivity contribution is 5.70. The normalized spacial score (nSPS) is 11.9. The van der Waals surface area contributed by atoms with Gasteiger partial charge in [-0.1, -0.05) is 56.3 Å². The van der Waals surface area contributed by atoms with Crippen LogP contribution in [-0.4, -0.2) is 4.98 Å². The summed E-state index contributed by atoms with van der Waals surface area (Å²) in [5.41, 5.74) is 5.74. The molecule has 23 heavy (non-hydrogen) atoms. The molecular formula is C21H22N2. The molecule has 1 heterocycles. The van der Waals surface area contributed by atoms with Crippen LogP contribution in [0.1, 0.15) is 31.7 Å². The summed E-state index contributed by atoms with van der Waals surface area (Å²) in [5.74, 6) is 0.527. The Labute approximate surface area is 138 Å². The van der Waals surface area contributed by atoms with E-state index in [-0.39, 0.29) is 0 Å². The number of rotatable bonds is 5. The summed E-state index contributed by atoms with van der Waals surface area (Å²) in [4.78, 5) is 4.59. The molecule has 0 radical (unpaired) electrons. The summed E-state index contributed by atoms with van der Waals surface area (Å²) in [6.45, 7) is 4.49. The van der Waals surface area contributed by atoms with Crippen molar-refractivity contribution in [1.82, 2.24) is 4.98 Å². The summed E-state index contributed by atoms with van der Waals surface area (Å²) in [7, 11) is 0. The number of nitrogens with one attached hydrogen (secondary N) is 1. The van der Waals surface area contributed by atoms with Crippen LogP contribution in [0.15, 0.2) is 72.9 Å². The molecule has 0 bridgehead atoms. The van der Waals surface area contributed by atoms with Gasteiger partial charge in [-0.15, -0.1) is 0 Å². The summed E-state index contributed by atoms with van der Waals surface area (Å²) in [6.07, 6.45) is 2.99. The molecule has 2 heteroatoms. The Morgan fingerprint density at radius 3 is 2.43 bits per heavy atom. The molecule has 0 aliphatic carbocycles. The Morgan fingerprint density at radius 1 is 0.913 bits per heavy atom. The van der Waals surface area contributed by atoms with Gasteiger partial charge in [0.1, 0.15) is 0 Å². The third kappa shape index (κ3) is 3.59. The molecular weight excluding hydrogens is 280 g/mol. The van der Waals surface area contributed by atoms with E-state index in [0.717, 1.165) is 23.5 Å². The van der Waals surface area contributed by atoms with E-state index in [0.29, 0.717) is 5.92 Å². The maximum absolute atomic E-state index is 4.59. The van der Waals surface area contributed by atoms with Gasteiger partial charge in [0.15, 0.2) is 0 Å². The molecule has 0 aliphatic rings. The zero-order valence-electron chi connectivity index (χ0n) is 13.7. The average molecular weight is 302 g/mol. The second-order valence-electron chi connectivity index (χ2n) is 5.82. The van der Waals surface area contributed by atoms with Crippen molar-refractivity contribution in [3.8, 4) is 11.3 Å². The Balaban J connectivity index is 1.94. The van der Waals surface area contributed by atoms with Gasteiger partial charge in [-0.25, -0.2) is 0 Å². The molecule has 3 rings (SSSR count). The third-order valence-electron chi connectivity index (χ3n) is 4.20. The number of hydrogen-bond acceptors (Lipinski definition) is 2. The van der Waals surface area contributed by atoms with Gasteiger partial charge >= 0.3 is 0 Å². The molecule has 116 valence electrons. The van der Waals surface area contributed by atoms with Crippen LogP contribution >= 0.6 is 0 Å². The van der Waals surface area contributed by atoms with Crippen molar-refractivity contribution < 1.29 is 0 Å². The number of para-hydroxylation sites is 1. The Hall–Kier alpha value is -2.61. The molecule has 2 nitrogen and oxygen atoms in total. The topological polar surface area (TPSA) is 24.9 Å². The fraction of sp³-hybridized carbons (Fsp3) is 0.190. The fourth-order valence-corrected chi connectivity index (χ4v) is 2.72. The van der Waals surface area contributed by atoms with Crippen molar-refractivity contribution in [3.05, 3.63) is 78.5 Å². The van der Waals surface area contributed by atoms with E-state index < -0.39 is 0 Å². The van der Waals surface area contributed by atoms with Gasteiger partial charge in [-0.2, -0.15) is 0 Å². The first-order valence-electron chi connectivity index (χ1n) is 8.15. The lowest BCUT2D eigenvalue weighted by Crippen LogP contribution is -1.97. The Morgan fingerprint density at radius 2 is 1.65 bits per heavy atom. The van der Waals surface area contributed by atoms with Crippen LogP contribution in [0.2, 0.25) is 0 Å². The summed E-state index contributed by atoms with van der Waals surface area (Å²) < 4.78 is 0. The van der Waals surface area contributed by atoms with Gasteiger partial charge in [0.05, 0.1) is 5.69 Å². The van der Waals surface area contributed by atoms with Crippen LogP contribution in [0.5, 0.6) is 0 Å². The van der Waals surface area contributed by atoms with Gasteiger partial charge in [-0.3, -0.25) is 4.98 Å². The average Bonchev–Trinajstić information content (AvgIpc) is 2.62. The molecule has 0 saturated carbocycles. The molecule has 2 aromatic carbocycles. The minimum absolute atomic E-state index is 0.527. The maximum atomic E-state index is 4.59. The van der Waals surface area contributed by atoms with Crippen molar-refractivity contribution in [2.75, 3.05) is 5.32 Å². The van der Waals surface area contributed by atoms with E-state index in [2.05, 4.69) is 66.6 Å². The van der Waals surface area contributed by atoms with Crippen molar-refractivity contribution in [2.45, 2.75) is 26.2 Å². The molecule has 0 saturated heterocycles. The van der Waals surface area contributed by atoms with Crippen LogP contribution in [0, 0.1) is 0 Å². The number of anilines is 2. The predicted molar refractivity (Wildman–Crippen MR) is 98.1 cm³/mol. The first-order chi connectivity index (χ1) is 11.3. The van der Waals surface area contributed by atoms with E-state index in [1.54, 1.807) is 0 Å². The van der Waals surface area contributed by atoms with Crippen molar-refractivity contribution in [3.63, 3.8) is 0 Å². The smallest absolute Gasteiger partial charge is 0.0725 e. The lowest BCUT2D eigenvalue weighted by molar-refractivity contribution is 0.735. The van der Waals surface area contributed by atoms with Crippen LogP contribution < -0.4 is 5.32 Å². The molecule has 1 aromatic heterocycles. The number of benzene rings is 2. The van der Waals surface area contributed by atoms with Gasteiger partial charge in [0, 0.05) is 23.1 Å². The summed E-state index contributed by atoms with van der Waals surface area (Å²) in [5, 5.41) is 3.44. The second-order valence-corrected chi connectivity index (χ2v) is 5.82. The van der Waals surface area contributed by atoms with Gasteiger partial charge < -0.3 is 5.32 Å². The molecule has 1 atom stereocenters. The molecule has 0 aliphatic heterocycles. The van der Waals surface area contributed by atoms with E-state index in [4.69, 9.17) is 0 Å². The molecule has 0 spiro atoms. The highest BCUT2D eigenvalue weighted by Gasteiger charge is 2.11. The number of aromatic nitrogens is 1. The van der Waals surface area contributed by atoms with Crippen LogP contribution in [0.3, 0.4) is 0 Å². The van der Waals surface area contributed by atoms with Crippen LogP contribution in [0.25, 0.3) is 11.3 Å². The van der Waals surface area contributed by atoms with Gasteiger partial charge in [-0.05, 0) is 42.2 Å². The standard InChI is InChI=1S/C21H22N2/c1-3-16(2)19-11-7-8-12-20(19)21-15-18(13-14-22-21)23-17-9-5-4-6-10-17/h4-16H,3H2,1-2H3,(H,22,23). The fourth-order valence-electron chi connectivity index (χ4n) is 2.72. The monoisotopic (exact) mass is 302 g/mol. The molecule has 0 amide bonds. The zero-order chi connectivity index (χ0) is 16.1. The zero-order valence-corrected chi connectivity index (χ0v) is 13.7. The molecule has 3 aromatic rings. The van der Waals surface area contributed by atoms with Gasteiger partial charge in [0.2, 0.25) is 0 Å². The predicted octanol–water partition coefficient (Wildman–Crippen LogP) is 6.01. The van der Waals surface area contributed by atoms with Crippen molar-refractivity contribution in [2.24, 2.45) is 0 Å². The van der Waals surface area contributed by atoms with E-state index in [1.807, 2.05) is 30.5 Å².